The molecule has 1 aromatic carbocycles. The van der Waals surface area contributed by atoms with Crippen LogP contribution in [0.1, 0.15) is 77.2 Å². The van der Waals surface area contributed by atoms with E-state index in [-0.39, 0.29) is 28.2 Å². The minimum Gasteiger partial charge on any atom is -0.459 e. The van der Waals surface area contributed by atoms with Crippen LogP contribution in [0.2, 0.25) is 0 Å². The number of rotatable bonds is 11. The van der Waals surface area contributed by atoms with Crippen LogP contribution in [0.5, 0.6) is 0 Å². The number of carbonyl (C=O) groups is 2. The van der Waals surface area contributed by atoms with Gasteiger partial charge in [0.25, 0.3) is 0 Å². The molecule has 188 valence electrons. The molecule has 34 heavy (non-hydrogen) atoms. The van der Waals surface area contributed by atoms with E-state index >= 15 is 0 Å². The highest BCUT2D eigenvalue weighted by Crippen LogP contribution is 2.33. The van der Waals surface area contributed by atoms with E-state index in [1.807, 2.05) is 20.8 Å². The van der Waals surface area contributed by atoms with Crippen molar-refractivity contribution >= 4 is 33.6 Å². The smallest absolute Gasteiger partial charge is 0.312 e. The fraction of sp³-hybridized carbons (Fsp3) is 0.560. The highest BCUT2D eigenvalue weighted by molar-refractivity contribution is 7.89. The summed E-state index contributed by atoms with van der Waals surface area (Å²) in [5.41, 5.74) is -2.47. The SMILES string of the molecule is CCOCCC(C)(C)OC(=O)C(C)(C)CC(C)(C)NS(=O)(=O)c1cccc2c1C=CC(=N)C2=O. The topological polar surface area (TPSA) is 123 Å². The first-order valence-electron chi connectivity index (χ1n) is 11.3. The summed E-state index contributed by atoms with van der Waals surface area (Å²) in [6.45, 7) is 13.4. The average molecular weight is 493 g/mol. The monoisotopic (exact) mass is 492 g/mol. The van der Waals surface area contributed by atoms with Crippen molar-refractivity contribution in [3.8, 4) is 0 Å². The summed E-state index contributed by atoms with van der Waals surface area (Å²) in [5.74, 6) is -0.949. The van der Waals surface area contributed by atoms with E-state index in [2.05, 4.69) is 4.72 Å². The number of Topliss-reactive ketones (excluding diaryl/α,β-unsaturated/α-hetero) is 1. The number of sulfonamides is 1. The first-order valence-corrected chi connectivity index (χ1v) is 12.8. The lowest BCUT2D eigenvalue weighted by atomic mass is 9.80. The molecule has 0 aromatic heterocycles. The van der Waals surface area contributed by atoms with Crippen LogP contribution in [0.3, 0.4) is 0 Å². The second kappa shape index (κ2) is 10.1. The molecule has 0 heterocycles. The zero-order chi connectivity index (χ0) is 25.9. The second-order valence-electron chi connectivity index (χ2n) is 10.4. The molecule has 0 atom stereocenters. The largest absolute Gasteiger partial charge is 0.459 e. The van der Waals surface area contributed by atoms with E-state index in [0.717, 1.165) is 0 Å². The van der Waals surface area contributed by atoms with Gasteiger partial charge in [0, 0.05) is 29.7 Å². The standard InChI is InChI=1S/C25H36N2O6S/c1-8-32-15-14-25(6,7)33-22(29)23(2,3)16-24(4,5)27-34(30,31)20-11-9-10-18-17(20)12-13-19(26)21(18)28/h9-13,26-27H,8,14-16H2,1-7H3. The molecule has 0 aliphatic heterocycles. The molecule has 1 aromatic rings. The zero-order valence-corrected chi connectivity index (χ0v) is 21.9. The van der Waals surface area contributed by atoms with Crippen molar-refractivity contribution in [3.63, 3.8) is 0 Å². The van der Waals surface area contributed by atoms with Crippen molar-refractivity contribution in [3.05, 3.63) is 35.4 Å². The van der Waals surface area contributed by atoms with Gasteiger partial charge in [-0.1, -0.05) is 18.2 Å². The summed E-state index contributed by atoms with van der Waals surface area (Å²) in [4.78, 5) is 25.2. The molecule has 2 N–H and O–H groups in total. The Morgan fingerprint density at radius 2 is 1.74 bits per heavy atom. The summed E-state index contributed by atoms with van der Waals surface area (Å²) in [5, 5.41) is 7.69. The molecule has 0 saturated carbocycles. The van der Waals surface area contributed by atoms with E-state index in [4.69, 9.17) is 14.9 Å². The lowest BCUT2D eigenvalue weighted by Crippen LogP contribution is -2.49. The fourth-order valence-electron chi connectivity index (χ4n) is 4.07. The quantitative estimate of drug-likeness (QED) is 0.354. The van der Waals surface area contributed by atoms with Gasteiger partial charge in [-0.05, 0) is 67.0 Å². The van der Waals surface area contributed by atoms with Crippen molar-refractivity contribution in [2.75, 3.05) is 13.2 Å². The van der Waals surface area contributed by atoms with Crippen molar-refractivity contribution in [2.24, 2.45) is 5.41 Å². The van der Waals surface area contributed by atoms with Gasteiger partial charge in [0.05, 0.1) is 16.9 Å². The molecule has 0 fully saturated rings. The molecular formula is C25H36N2O6S. The number of fused-ring (bicyclic) bond motifs is 1. The van der Waals surface area contributed by atoms with Gasteiger partial charge in [-0.15, -0.1) is 0 Å². The number of esters is 1. The van der Waals surface area contributed by atoms with E-state index < -0.39 is 38.3 Å². The Bertz CT molecular complexity index is 1100. The second-order valence-corrected chi connectivity index (χ2v) is 12.1. The molecular weight excluding hydrogens is 456 g/mol. The summed E-state index contributed by atoms with van der Waals surface area (Å²) in [6.07, 6.45) is 3.48. The van der Waals surface area contributed by atoms with E-state index in [0.29, 0.717) is 19.6 Å². The van der Waals surface area contributed by atoms with Gasteiger partial charge >= 0.3 is 5.97 Å². The number of benzene rings is 1. The van der Waals surface area contributed by atoms with Gasteiger partial charge < -0.3 is 9.47 Å². The molecule has 1 aliphatic rings. The molecule has 8 nitrogen and oxygen atoms in total. The molecule has 0 unspecified atom stereocenters. The number of nitrogens with one attached hydrogen (secondary N) is 2. The maximum absolute atomic E-state index is 13.3. The molecule has 0 radical (unpaired) electrons. The van der Waals surface area contributed by atoms with Gasteiger partial charge in [0.1, 0.15) is 11.3 Å². The molecule has 9 heteroatoms. The van der Waals surface area contributed by atoms with Crippen LogP contribution in [0, 0.1) is 10.8 Å². The van der Waals surface area contributed by atoms with Crippen LogP contribution in [-0.4, -0.2) is 50.2 Å². The highest BCUT2D eigenvalue weighted by atomic mass is 32.2. The number of hydrogen-bond acceptors (Lipinski definition) is 7. The molecule has 0 spiro atoms. The summed E-state index contributed by atoms with van der Waals surface area (Å²) < 4.78 is 40.4. The van der Waals surface area contributed by atoms with Crippen LogP contribution in [0.15, 0.2) is 29.2 Å². The Morgan fingerprint density at radius 3 is 2.35 bits per heavy atom. The molecule has 2 rings (SSSR count). The third kappa shape index (κ3) is 6.84. The van der Waals surface area contributed by atoms with E-state index in [1.165, 1.54) is 30.4 Å². The minimum atomic E-state index is -4.04. The minimum absolute atomic E-state index is 0.0485. The van der Waals surface area contributed by atoms with Crippen molar-refractivity contribution in [2.45, 2.75) is 77.3 Å². The van der Waals surface area contributed by atoms with Gasteiger partial charge in [0.15, 0.2) is 0 Å². The Hall–Kier alpha value is -2.36. The summed E-state index contributed by atoms with van der Waals surface area (Å²) >= 11 is 0. The van der Waals surface area contributed by atoms with Gasteiger partial charge in [-0.3, -0.25) is 15.0 Å². The zero-order valence-electron chi connectivity index (χ0n) is 21.1. The summed E-state index contributed by atoms with van der Waals surface area (Å²) in [7, 11) is -4.04. The Kier molecular flexibility index (Phi) is 8.28. The Labute approximate surface area is 202 Å². The number of hydrogen-bond donors (Lipinski definition) is 2. The fourth-order valence-corrected chi connectivity index (χ4v) is 5.70. The predicted molar refractivity (Wildman–Crippen MR) is 132 cm³/mol. The van der Waals surface area contributed by atoms with E-state index in [9.17, 15) is 18.0 Å². The van der Waals surface area contributed by atoms with Crippen molar-refractivity contribution in [1.29, 1.82) is 5.41 Å². The molecule has 0 saturated heterocycles. The first kappa shape index (κ1) is 27.9. The highest BCUT2D eigenvalue weighted by Gasteiger charge is 2.40. The van der Waals surface area contributed by atoms with Gasteiger partial charge in [-0.2, -0.15) is 0 Å². The Balaban J connectivity index is 2.20. The van der Waals surface area contributed by atoms with E-state index in [1.54, 1.807) is 27.7 Å². The molecule has 0 bridgehead atoms. The van der Waals surface area contributed by atoms with Crippen LogP contribution in [0.25, 0.3) is 6.08 Å². The predicted octanol–water partition coefficient (Wildman–Crippen LogP) is 4.14. The van der Waals surface area contributed by atoms with Crippen LogP contribution in [-0.2, 0) is 24.3 Å². The summed E-state index contributed by atoms with van der Waals surface area (Å²) in [6, 6.07) is 4.41. The number of carbonyl (C=O) groups excluding carboxylic acids is 2. The maximum atomic E-state index is 13.3. The normalized spacial score (nSPS) is 14.8. The third-order valence-corrected chi connectivity index (χ3v) is 7.29. The first-order chi connectivity index (χ1) is 15.5. The average Bonchev–Trinajstić information content (AvgIpc) is 2.68. The van der Waals surface area contributed by atoms with Crippen LogP contribution >= 0.6 is 0 Å². The van der Waals surface area contributed by atoms with Crippen molar-refractivity contribution in [1.82, 2.24) is 4.72 Å². The lowest BCUT2D eigenvalue weighted by Gasteiger charge is -2.36. The molecule has 1 aliphatic carbocycles. The lowest BCUT2D eigenvalue weighted by molar-refractivity contribution is -0.170. The van der Waals surface area contributed by atoms with Crippen LogP contribution in [0.4, 0.5) is 0 Å². The van der Waals surface area contributed by atoms with Crippen LogP contribution < -0.4 is 4.72 Å². The van der Waals surface area contributed by atoms with Crippen molar-refractivity contribution < 1.29 is 27.5 Å². The van der Waals surface area contributed by atoms with Gasteiger partial charge in [-0.25, -0.2) is 13.1 Å². The molecule has 0 amide bonds. The van der Waals surface area contributed by atoms with Gasteiger partial charge in [0.2, 0.25) is 15.8 Å². The number of allylic oxidation sites excluding steroid dienone is 1. The third-order valence-electron chi connectivity index (χ3n) is 5.53. The maximum Gasteiger partial charge on any atom is 0.312 e. The number of ketones is 1. The number of ether oxygens (including phenoxy) is 2. The Morgan fingerprint density at radius 1 is 1.09 bits per heavy atom.